The molecule has 0 aliphatic heterocycles. The lowest BCUT2D eigenvalue weighted by Gasteiger charge is -2.02. The molecular weight excluding hydrogens is 190 g/mol. The van der Waals surface area contributed by atoms with E-state index >= 15 is 0 Å². The number of aryl methyl sites for hydroxylation is 1. The first-order valence-electron chi connectivity index (χ1n) is 5.21. The number of imidazole rings is 1. The van der Waals surface area contributed by atoms with Gasteiger partial charge < -0.3 is 10.3 Å². The van der Waals surface area contributed by atoms with Crippen molar-refractivity contribution in [1.82, 2.24) is 19.2 Å². The number of nitrogens with zero attached hydrogens (tertiary/aromatic N) is 4. The van der Waals surface area contributed by atoms with Crippen LogP contribution in [0.15, 0.2) is 6.20 Å². The average molecular weight is 207 g/mol. The standard InChI is InChI=1S/C10H17N5/c1-7(2)4-9-13-15-6-8(5-11)12-10(15)14(9)3/h6-7H,4-5,11H2,1-3H3. The van der Waals surface area contributed by atoms with Crippen LogP contribution in [0, 0.1) is 5.92 Å². The summed E-state index contributed by atoms with van der Waals surface area (Å²) in [5, 5.41) is 4.48. The Labute approximate surface area is 88.9 Å². The lowest BCUT2D eigenvalue weighted by Crippen LogP contribution is -2.04. The first-order chi connectivity index (χ1) is 7.11. The summed E-state index contributed by atoms with van der Waals surface area (Å²) in [6, 6.07) is 0. The van der Waals surface area contributed by atoms with Gasteiger partial charge in [0.2, 0.25) is 5.78 Å². The number of hydrogen-bond acceptors (Lipinski definition) is 3. The summed E-state index contributed by atoms with van der Waals surface area (Å²) in [5.74, 6) is 2.53. The highest BCUT2D eigenvalue weighted by atomic mass is 15.4. The van der Waals surface area contributed by atoms with E-state index in [1.165, 1.54) is 0 Å². The molecule has 0 fully saturated rings. The Morgan fingerprint density at radius 1 is 1.47 bits per heavy atom. The predicted octanol–water partition coefficient (Wildman–Crippen LogP) is 0.725. The molecule has 15 heavy (non-hydrogen) atoms. The molecule has 0 aromatic carbocycles. The largest absolute Gasteiger partial charge is 0.325 e. The molecule has 2 rings (SSSR count). The lowest BCUT2D eigenvalue weighted by atomic mass is 10.1. The maximum Gasteiger partial charge on any atom is 0.232 e. The molecule has 5 heteroatoms. The van der Waals surface area contributed by atoms with Crippen LogP contribution in [0.25, 0.3) is 5.78 Å². The molecule has 0 radical (unpaired) electrons. The Morgan fingerprint density at radius 2 is 2.20 bits per heavy atom. The molecule has 2 aromatic rings. The molecule has 0 spiro atoms. The Hall–Kier alpha value is -1.36. The van der Waals surface area contributed by atoms with E-state index in [-0.39, 0.29) is 0 Å². The molecule has 0 unspecified atom stereocenters. The minimum absolute atomic E-state index is 0.461. The Kier molecular flexibility index (Phi) is 2.48. The monoisotopic (exact) mass is 207 g/mol. The van der Waals surface area contributed by atoms with E-state index in [1.807, 2.05) is 17.8 Å². The van der Waals surface area contributed by atoms with Crippen molar-refractivity contribution in [3.8, 4) is 0 Å². The van der Waals surface area contributed by atoms with E-state index < -0.39 is 0 Å². The van der Waals surface area contributed by atoms with Crippen LogP contribution in [-0.4, -0.2) is 19.2 Å². The van der Waals surface area contributed by atoms with E-state index in [2.05, 4.69) is 23.9 Å². The summed E-state index contributed by atoms with van der Waals surface area (Å²) in [6.45, 7) is 4.83. The van der Waals surface area contributed by atoms with Gasteiger partial charge in [0.25, 0.3) is 0 Å². The van der Waals surface area contributed by atoms with Crippen molar-refractivity contribution in [1.29, 1.82) is 0 Å². The summed E-state index contributed by atoms with van der Waals surface area (Å²) >= 11 is 0. The van der Waals surface area contributed by atoms with Gasteiger partial charge in [0.15, 0.2) is 0 Å². The Morgan fingerprint density at radius 3 is 2.73 bits per heavy atom. The van der Waals surface area contributed by atoms with Crippen molar-refractivity contribution < 1.29 is 0 Å². The smallest absolute Gasteiger partial charge is 0.232 e. The lowest BCUT2D eigenvalue weighted by molar-refractivity contribution is 0.600. The third kappa shape index (κ3) is 1.74. The molecule has 0 saturated carbocycles. The zero-order valence-corrected chi connectivity index (χ0v) is 9.44. The minimum atomic E-state index is 0.461. The number of fused-ring (bicyclic) bond motifs is 1. The van der Waals surface area contributed by atoms with Gasteiger partial charge in [-0.05, 0) is 5.92 Å². The molecule has 82 valence electrons. The van der Waals surface area contributed by atoms with Gasteiger partial charge in [-0.25, -0.2) is 9.50 Å². The van der Waals surface area contributed by atoms with Crippen LogP contribution in [0.5, 0.6) is 0 Å². The van der Waals surface area contributed by atoms with Crippen molar-refractivity contribution in [3.05, 3.63) is 17.7 Å². The molecule has 5 nitrogen and oxygen atoms in total. The third-order valence-corrected chi connectivity index (χ3v) is 2.43. The maximum atomic E-state index is 5.53. The van der Waals surface area contributed by atoms with Gasteiger partial charge in [-0.3, -0.25) is 0 Å². The highest BCUT2D eigenvalue weighted by Gasteiger charge is 2.11. The zero-order valence-electron chi connectivity index (χ0n) is 9.44. The van der Waals surface area contributed by atoms with E-state index in [1.54, 1.807) is 4.52 Å². The molecular formula is C10H17N5. The second kappa shape index (κ2) is 3.66. The summed E-state index contributed by atoms with van der Waals surface area (Å²) in [6.07, 6.45) is 2.86. The molecule has 2 N–H and O–H groups in total. The molecule has 0 saturated heterocycles. The van der Waals surface area contributed by atoms with Gasteiger partial charge in [-0.2, -0.15) is 5.10 Å². The third-order valence-electron chi connectivity index (χ3n) is 2.43. The number of hydrogen-bond donors (Lipinski definition) is 1. The van der Waals surface area contributed by atoms with Gasteiger partial charge in [-0.1, -0.05) is 13.8 Å². The molecule has 0 amide bonds. The summed E-state index contributed by atoms with van der Waals surface area (Å²) in [5.41, 5.74) is 6.41. The minimum Gasteiger partial charge on any atom is -0.325 e. The first kappa shape index (κ1) is 10.2. The second-order valence-corrected chi connectivity index (χ2v) is 4.25. The Bertz CT molecular complexity index is 465. The molecule has 2 heterocycles. The zero-order chi connectivity index (χ0) is 11.0. The fourth-order valence-corrected chi connectivity index (χ4v) is 1.66. The Balaban J connectivity index is 2.43. The van der Waals surface area contributed by atoms with Crippen molar-refractivity contribution in [2.45, 2.75) is 26.8 Å². The van der Waals surface area contributed by atoms with Crippen LogP contribution in [0.4, 0.5) is 0 Å². The molecule has 0 bridgehead atoms. The summed E-state index contributed by atoms with van der Waals surface area (Å²) in [4.78, 5) is 4.40. The van der Waals surface area contributed by atoms with Gasteiger partial charge in [-0.15, -0.1) is 0 Å². The van der Waals surface area contributed by atoms with Crippen LogP contribution in [0.3, 0.4) is 0 Å². The van der Waals surface area contributed by atoms with Crippen molar-refractivity contribution in [2.75, 3.05) is 0 Å². The normalized spacial score (nSPS) is 11.8. The van der Waals surface area contributed by atoms with Crippen molar-refractivity contribution >= 4 is 5.78 Å². The first-order valence-corrected chi connectivity index (χ1v) is 5.21. The maximum absolute atomic E-state index is 5.53. The number of nitrogens with two attached hydrogens (primary N) is 1. The highest BCUT2D eigenvalue weighted by molar-refractivity contribution is 5.31. The highest BCUT2D eigenvalue weighted by Crippen LogP contribution is 2.10. The van der Waals surface area contributed by atoms with Gasteiger partial charge in [0.05, 0.1) is 11.9 Å². The molecule has 2 aromatic heterocycles. The van der Waals surface area contributed by atoms with E-state index in [4.69, 9.17) is 5.73 Å². The van der Waals surface area contributed by atoms with E-state index in [0.29, 0.717) is 12.5 Å². The summed E-state index contributed by atoms with van der Waals surface area (Å²) < 4.78 is 3.83. The fraction of sp³-hybridized carbons (Fsp3) is 0.600. The van der Waals surface area contributed by atoms with Crippen LogP contribution in [0.1, 0.15) is 25.4 Å². The van der Waals surface area contributed by atoms with Crippen LogP contribution < -0.4 is 5.73 Å². The fourth-order valence-electron chi connectivity index (χ4n) is 1.66. The molecule has 0 aliphatic carbocycles. The van der Waals surface area contributed by atoms with Crippen molar-refractivity contribution in [2.24, 2.45) is 18.7 Å². The second-order valence-electron chi connectivity index (χ2n) is 4.25. The van der Waals surface area contributed by atoms with E-state index in [9.17, 15) is 0 Å². The van der Waals surface area contributed by atoms with Gasteiger partial charge in [0.1, 0.15) is 5.82 Å². The van der Waals surface area contributed by atoms with E-state index in [0.717, 1.165) is 23.7 Å². The quantitative estimate of drug-likeness (QED) is 0.807. The number of aromatic nitrogens is 4. The van der Waals surface area contributed by atoms with Crippen LogP contribution in [0.2, 0.25) is 0 Å². The van der Waals surface area contributed by atoms with Crippen molar-refractivity contribution in [3.63, 3.8) is 0 Å². The predicted molar refractivity (Wildman–Crippen MR) is 58.4 cm³/mol. The van der Waals surface area contributed by atoms with Gasteiger partial charge in [0, 0.05) is 20.0 Å². The van der Waals surface area contributed by atoms with Crippen LogP contribution >= 0.6 is 0 Å². The summed E-state index contributed by atoms with van der Waals surface area (Å²) in [7, 11) is 1.99. The SMILES string of the molecule is CC(C)Cc1nn2cc(CN)nc2n1C. The van der Waals surface area contributed by atoms with Crippen LogP contribution in [-0.2, 0) is 20.0 Å². The number of rotatable bonds is 3. The van der Waals surface area contributed by atoms with Gasteiger partial charge >= 0.3 is 0 Å². The topological polar surface area (TPSA) is 61.1 Å². The average Bonchev–Trinajstić information content (AvgIpc) is 2.67. The molecule has 0 aliphatic rings. The molecule has 0 atom stereocenters.